The van der Waals surface area contributed by atoms with Crippen LogP contribution in [0.5, 0.6) is 5.75 Å². The van der Waals surface area contributed by atoms with Gasteiger partial charge in [0.15, 0.2) is 23.5 Å². The number of hydrogen-bond donors (Lipinski definition) is 1. The topological polar surface area (TPSA) is 77.5 Å². The Morgan fingerprint density at radius 1 is 1.28 bits per heavy atom. The summed E-state index contributed by atoms with van der Waals surface area (Å²) >= 11 is 11.6. The zero-order valence-electron chi connectivity index (χ0n) is 13.2. The van der Waals surface area contributed by atoms with Crippen LogP contribution in [0.4, 0.5) is 10.2 Å². The molecule has 25 heavy (non-hydrogen) atoms. The lowest BCUT2D eigenvalue weighted by Crippen LogP contribution is -2.30. The summed E-state index contributed by atoms with van der Waals surface area (Å²) in [5.74, 6) is -2.16. The molecule has 0 fully saturated rings. The molecule has 1 N–H and O–H groups in total. The number of benzene rings is 1. The molecule has 1 amide bonds. The van der Waals surface area contributed by atoms with Gasteiger partial charge in [-0.25, -0.2) is 14.2 Å². The molecular formula is C16H13Cl2FN2O4. The fourth-order valence-electron chi connectivity index (χ4n) is 1.80. The van der Waals surface area contributed by atoms with Crippen LogP contribution in [0.2, 0.25) is 10.0 Å². The number of nitrogens with zero attached hydrogens (tertiary/aromatic N) is 1. The summed E-state index contributed by atoms with van der Waals surface area (Å²) in [5.41, 5.74) is -0.0550. The SMILES string of the molecule is COc1ccc(C(=O)O[C@H](C)C(=O)Nc2ncc(Cl)cc2Cl)cc1F. The van der Waals surface area contributed by atoms with Crippen LogP contribution in [0.3, 0.4) is 0 Å². The van der Waals surface area contributed by atoms with Gasteiger partial charge in [0.2, 0.25) is 0 Å². The van der Waals surface area contributed by atoms with Crippen molar-refractivity contribution in [3.05, 3.63) is 51.9 Å². The molecule has 0 aliphatic rings. The number of hydrogen-bond acceptors (Lipinski definition) is 5. The molecule has 132 valence electrons. The number of carbonyl (C=O) groups is 2. The van der Waals surface area contributed by atoms with Gasteiger partial charge in [0.05, 0.1) is 22.7 Å². The molecule has 0 aliphatic carbocycles. The number of ether oxygens (including phenoxy) is 2. The first kappa shape index (κ1) is 19.0. The molecule has 0 radical (unpaired) electrons. The fourth-order valence-corrected chi connectivity index (χ4v) is 2.23. The lowest BCUT2D eigenvalue weighted by Gasteiger charge is -2.14. The second-order valence-electron chi connectivity index (χ2n) is 4.87. The number of rotatable bonds is 5. The second kappa shape index (κ2) is 8.13. The van der Waals surface area contributed by atoms with Crippen LogP contribution in [0, 0.1) is 5.82 Å². The third-order valence-electron chi connectivity index (χ3n) is 3.09. The first-order chi connectivity index (χ1) is 11.8. The molecule has 6 nitrogen and oxygen atoms in total. The molecule has 0 unspecified atom stereocenters. The summed E-state index contributed by atoms with van der Waals surface area (Å²) in [6, 6.07) is 4.98. The molecule has 9 heteroatoms. The molecule has 0 saturated heterocycles. The van der Waals surface area contributed by atoms with E-state index in [1.54, 1.807) is 0 Å². The van der Waals surface area contributed by atoms with Crippen molar-refractivity contribution in [1.82, 2.24) is 4.98 Å². The second-order valence-corrected chi connectivity index (χ2v) is 5.71. The van der Waals surface area contributed by atoms with E-state index in [1.165, 1.54) is 38.4 Å². The Morgan fingerprint density at radius 2 is 2.00 bits per heavy atom. The predicted octanol–water partition coefficient (Wildman–Crippen LogP) is 3.72. The smallest absolute Gasteiger partial charge is 0.339 e. The van der Waals surface area contributed by atoms with E-state index < -0.39 is 23.8 Å². The molecule has 1 aromatic carbocycles. The van der Waals surface area contributed by atoms with Crippen molar-refractivity contribution in [3.63, 3.8) is 0 Å². The van der Waals surface area contributed by atoms with Gasteiger partial charge >= 0.3 is 5.97 Å². The van der Waals surface area contributed by atoms with Crippen LogP contribution in [-0.2, 0) is 9.53 Å². The minimum atomic E-state index is -1.16. The number of anilines is 1. The summed E-state index contributed by atoms with van der Waals surface area (Å²) in [6.07, 6.45) is 0.144. The number of pyridine rings is 1. The number of amides is 1. The maximum Gasteiger partial charge on any atom is 0.339 e. The zero-order valence-corrected chi connectivity index (χ0v) is 14.7. The largest absolute Gasteiger partial charge is 0.494 e. The highest BCUT2D eigenvalue weighted by atomic mass is 35.5. The maximum absolute atomic E-state index is 13.6. The lowest BCUT2D eigenvalue weighted by atomic mass is 10.2. The summed E-state index contributed by atoms with van der Waals surface area (Å²) in [5, 5.41) is 2.86. The van der Waals surface area contributed by atoms with E-state index in [9.17, 15) is 14.0 Å². The number of nitrogens with one attached hydrogen (secondary N) is 1. The van der Waals surface area contributed by atoms with Crippen molar-refractivity contribution >= 4 is 40.9 Å². The van der Waals surface area contributed by atoms with Crippen LogP contribution >= 0.6 is 23.2 Å². The normalized spacial score (nSPS) is 11.6. The van der Waals surface area contributed by atoms with Crippen LogP contribution in [0.1, 0.15) is 17.3 Å². The zero-order chi connectivity index (χ0) is 18.6. The number of aromatic nitrogens is 1. The Balaban J connectivity index is 2.02. The number of methoxy groups -OCH3 is 1. The Kier molecular flexibility index (Phi) is 6.17. The lowest BCUT2D eigenvalue weighted by molar-refractivity contribution is -0.123. The van der Waals surface area contributed by atoms with Gasteiger partial charge < -0.3 is 14.8 Å². The minimum absolute atomic E-state index is 0.00852. The van der Waals surface area contributed by atoms with Crippen LogP contribution in [-0.4, -0.2) is 30.1 Å². The van der Waals surface area contributed by atoms with Gasteiger partial charge in [0.25, 0.3) is 5.91 Å². The van der Waals surface area contributed by atoms with Gasteiger partial charge in [0.1, 0.15) is 0 Å². The van der Waals surface area contributed by atoms with E-state index in [1.807, 2.05) is 0 Å². The Morgan fingerprint density at radius 3 is 2.60 bits per heavy atom. The quantitative estimate of drug-likeness (QED) is 0.792. The van der Waals surface area contributed by atoms with Gasteiger partial charge in [-0.15, -0.1) is 0 Å². The Hall–Kier alpha value is -2.38. The maximum atomic E-state index is 13.6. The van der Waals surface area contributed by atoms with E-state index >= 15 is 0 Å². The molecule has 1 heterocycles. The average molecular weight is 387 g/mol. The van der Waals surface area contributed by atoms with E-state index in [2.05, 4.69) is 10.3 Å². The van der Waals surface area contributed by atoms with Gasteiger partial charge in [-0.1, -0.05) is 23.2 Å². The summed E-state index contributed by atoms with van der Waals surface area (Å²) in [4.78, 5) is 27.9. The van der Waals surface area contributed by atoms with E-state index in [0.29, 0.717) is 5.02 Å². The van der Waals surface area contributed by atoms with Crippen molar-refractivity contribution in [2.24, 2.45) is 0 Å². The fraction of sp³-hybridized carbons (Fsp3) is 0.188. The average Bonchev–Trinajstić information content (AvgIpc) is 2.57. The number of esters is 1. The van der Waals surface area contributed by atoms with Crippen molar-refractivity contribution in [2.75, 3.05) is 12.4 Å². The molecule has 0 aliphatic heterocycles. The summed E-state index contributed by atoms with van der Waals surface area (Å²) in [6.45, 7) is 1.36. The van der Waals surface area contributed by atoms with E-state index in [-0.39, 0.29) is 22.2 Å². The van der Waals surface area contributed by atoms with E-state index in [4.69, 9.17) is 32.7 Å². The third kappa shape index (κ3) is 4.80. The monoisotopic (exact) mass is 386 g/mol. The minimum Gasteiger partial charge on any atom is -0.494 e. The first-order valence-corrected chi connectivity index (χ1v) is 7.74. The van der Waals surface area contributed by atoms with Gasteiger partial charge in [-0.05, 0) is 31.2 Å². The number of carbonyl (C=O) groups excluding carboxylic acids is 2. The highest BCUT2D eigenvalue weighted by Gasteiger charge is 2.21. The van der Waals surface area contributed by atoms with Gasteiger partial charge in [-0.3, -0.25) is 4.79 Å². The highest BCUT2D eigenvalue weighted by molar-refractivity contribution is 6.36. The molecule has 2 rings (SSSR count). The summed E-state index contributed by atoms with van der Waals surface area (Å²) in [7, 11) is 1.30. The number of halogens is 3. The van der Waals surface area contributed by atoms with E-state index in [0.717, 1.165) is 6.07 Å². The van der Waals surface area contributed by atoms with Gasteiger partial charge in [-0.2, -0.15) is 0 Å². The molecule has 1 aromatic heterocycles. The standard InChI is InChI=1S/C16H13Cl2FN2O4/c1-8(15(22)21-14-11(18)6-10(17)7-20-14)25-16(23)9-3-4-13(24-2)12(19)5-9/h3-8H,1-2H3,(H,20,21,22)/t8-/m1/s1. The van der Waals surface area contributed by atoms with Crippen LogP contribution in [0.15, 0.2) is 30.5 Å². The van der Waals surface area contributed by atoms with Crippen molar-refractivity contribution in [2.45, 2.75) is 13.0 Å². The molecule has 0 spiro atoms. The van der Waals surface area contributed by atoms with Crippen LogP contribution < -0.4 is 10.1 Å². The Bertz CT molecular complexity index is 817. The van der Waals surface area contributed by atoms with Crippen molar-refractivity contribution < 1.29 is 23.5 Å². The molecular weight excluding hydrogens is 374 g/mol. The third-order valence-corrected chi connectivity index (χ3v) is 3.58. The predicted molar refractivity (Wildman–Crippen MR) is 90.7 cm³/mol. The molecule has 0 saturated carbocycles. The van der Waals surface area contributed by atoms with Crippen molar-refractivity contribution in [1.29, 1.82) is 0 Å². The molecule has 0 bridgehead atoms. The van der Waals surface area contributed by atoms with Crippen molar-refractivity contribution in [3.8, 4) is 5.75 Å². The summed E-state index contributed by atoms with van der Waals surface area (Å²) < 4.78 is 23.4. The molecule has 2 aromatic rings. The Labute approximate surface area is 152 Å². The molecule has 1 atom stereocenters. The van der Waals surface area contributed by atoms with Gasteiger partial charge in [0, 0.05) is 6.20 Å². The van der Waals surface area contributed by atoms with Crippen LogP contribution in [0.25, 0.3) is 0 Å². The highest BCUT2D eigenvalue weighted by Crippen LogP contribution is 2.23. The first-order valence-electron chi connectivity index (χ1n) is 6.98.